The van der Waals surface area contributed by atoms with Crippen LogP contribution in [0.3, 0.4) is 0 Å². The van der Waals surface area contributed by atoms with Crippen molar-refractivity contribution in [1.82, 2.24) is 10.2 Å². The number of piperidine rings is 1. The second-order valence-electron chi connectivity index (χ2n) is 7.55. The van der Waals surface area contributed by atoms with Gasteiger partial charge in [-0.05, 0) is 37.1 Å². The molecule has 1 aliphatic rings. The van der Waals surface area contributed by atoms with Crippen LogP contribution in [-0.4, -0.2) is 60.9 Å². The van der Waals surface area contributed by atoms with Crippen LogP contribution in [0.15, 0.2) is 36.4 Å². The number of ether oxygens (including phenoxy) is 2. The van der Waals surface area contributed by atoms with Crippen LogP contribution in [0.1, 0.15) is 12.8 Å². The Morgan fingerprint density at radius 3 is 2.19 bits per heavy atom. The molecule has 32 heavy (non-hydrogen) atoms. The van der Waals surface area contributed by atoms with E-state index in [-0.39, 0.29) is 41.0 Å². The number of nitrogens with zero attached hydrogens (tertiary/aromatic N) is 1. The van der Waals surface area contributed by atoms with Gasteiger partial charge < -0.3 is 24.8 Å². The van der Waals surface area contributed by atoms with Gasteiger partial charge in [0.05, 0.1) is 10.0 Å². The summed E-state index contributed by atoms with van der Waals surface area (Å²) in [4.78, 5) is 14.2. The zero-order valence-corrected chi connectivity index (χ0v) is 18.7. The lowest BCUT2D eigenvalue weighted by molar-refractivity contribution is -0.124. The van der Waals surface area contributed by atoms with Crippen LogP contribution in [0.4, 0.5) is 8.78 Å². The predicted molar refractivity (Wildman–Crippen MR) is 117 cm³/mol. The van der Waals surface area contributed by atoms with Gasteiger partial charge in [0.15, 0.2) is 6.61 Å². The molecule has 174 valence electrons. The van der Waals surface area contributed by atoms with Gasteiger partial charge in [0, 0.05) is 37.8 Å². The third-order valence-corrected chi connectivity index (χ3v) is 5.63. The summed E-state index contributed by atoms with van der Waals surface area (Å²) in [6.07, 6.45) is 0.697. The van der Waals surface area contributed by atoms with Crippen molar-refractivity contribution in [3.63, 3.8) is 0 Å². The summed E-state index contributed by atoms with van der Waals surface area (Å²) >= 11 is 11.3. The van der Waals surface area contributed by atoms with Crippen molar-refractivity contribution in [2.75, 3.05) is 32.8 Å². The van der Waals surface area contributed by atoms with E-state index in [1.165, 1.54) is 24.3 Å². The maximum absolute atomic E-state index is 13.4. The fourth-order valence-corrected chi connectivity index (χ4v) is 3.59. The van der Waals surface area contributed by atoms with Gasteiger partial charge in [-0.1, -0.05) is 23.2 Å². The lowest BCUT2D eigenvalue weighted by Crippen LogP contribution is -2.48. The highest BCUT2D eigenvalue weighted by molar-refractivity contribution is 6.31. The Labute approximate surface area is 195 Å². The maximum Gasteiger partial charge on any atom is 0.258 e. The molecule has 1 heterocycles. The zero-order chi connectivity index (χ0) is 23.1. The molecule has 1 amide bonds. The number of aliphatic hydroxyl groups excluding tert-OH is 1. The minimum absolute atomic E-state index is 0.00487. The van der Waals surface area contributed by atoms with Gasteiger partial charge in [0.25, 0.3) is 5.91 Å². The number of hydrogen-bond donors (Lipinski definition) is 2. The molecule has 0 aromatic heterocycles. The van der Waals surface area contributed by atoms with E-state index in [0.717, 1.165) is 18.9 Å². The number of hydrogen-bond acceptors (Lipinski definition) is 5. The maximum atomic E-state index is 13.4. The Bertz CT molecular complexity index is 927. The Hall–Kier alpha value is -2.13. The molecule has 2 aromatic carbocycles. The van der Waals surface area contributed by atoms with Gasteiger partial charge in [0.2, 0.25) is 0 Å². The molecule has 1 aliphatic heterocycles. The van der Waals surface area contributed by atoms with E-state index >= 15 is 0 Å². The number of amides is 1. The van der Waals surface area contributed by atoms with E-state index in [0.29, 0.717) is 25.4 Å². The van der Waals surface area contributed by atoms with Crippen LogP contribution in [0.25, 0.3) is 0 Å². The van der Waals surface area contributed by atoms with Gasteiger partial charge in [-0.25, -0.2) is 8.78 Å². The largest absolute Gasteiger partial charge is 0.491 e. The van der Waals surface area contributed by atoms with E-state index < -0.39 is 17.7 Å². The molecule has 1 atom stereocenters. The first-order chi connectivity index (χ1) is 15.3. The molecule has 2 N–H and O–H groups in total. The fraction of sp³-hybridized carbons (Fsp3) is 0.409. The number of rotatable bonds is 9. The summed E-state index contributed by atoms with van der Waals surface area (Å²) in [7, 11) is 0. The highest BCUT2D eigenvalue weighted by Gasteiger charge is 2.22. The Balaban J connectivity index is 1.33. The van der Waals surface area contributed by atoms with E-state index in [2.05, 4.69) is 10.2 Å². The molecule has 2 aromatic rings. The molecular weight excluding hydrogens is 465 g/mol. The Kier molecular flexibility index (Phi) is 8.92. The molecule has 0 saturated carbocycles. The van der Waals surface area contributed by atoms with Gasteiger partial charge in [0.1, 0.15) is 35.8 Å². The third kappa shape index (κ3) is 7.48. The number of carbonyl (C=O) groups excluding carboxylic acids is 1. The van der Waals surface area contributed by atoms with Gasteiger partial charge in [-0.3, -0.25) is 4.79 Å². The summed E-state index contributed by atoms with van der Waals surface area (Å²) in [6.45, 7) is 1.60. The number of aliphatic hydroxyl groups is 1. The molecule has 0 spiro atoms. The predicted octanol–water partition coefficient (Wildman–Crippen LogP) is 3.67. The second-order valence-corrected chi connectivity index (χ2v) is 8.36. The normalized spacial score (nSPS) is 15.9. The standard InChI is InChI=1S/C22H24Cl2F2N2O4/c23-18-3-1-16(9-20(18)25)31-12-15(29)11-28-7-5-14(6-8-28)27-22(30)13-32-17-2-4-19(24)21(26)10-17/h1-4,9-10,14-15,29H,5-8,11-13H2,(H,27,30)/t15-/m1/s1. The first-order valence-corrected chi connectivity index (χ1v) is 10.9. The van der Waals surface area contributed by atoms with Crippen molar-refractivity contribution >= 4 is 29.1 Å². The van der Waals surface area contributed by atoms with E-state index in [4.69, 9.17) is 32.7 Å². The Morgan fingerprint density at radius 2 is 1.62 bits per heavy atom. The summed E-state index contributed by atoms with van der Waals surface area (Å²) in [5.41, 5.74) is 0. The minimum Gasteiger partial charge on any atom is -0.491 e. The summed E-state index contributed by atoms with van der Waals surface area (Å²) in [6, 6.07) is 8.11. The van der Waals surface area contributed by atoms with Crippen LogP contribution in [0, 0.1) is 11.6 Å². The van der Waals surface area contributed by atoms with Crippen LogP contribution in [0.5, 0.6) is 11.5 Å². The van der Waals surface area contributed by atoms with Crippen molar-refractivity contribution in [2.24, 2.45) is 0 Å². The molecule has 10 heteroatoms. The minimum atomic E-state index is -0.743. The van der Waals surface area contributed by atoms with E-state index in [1.54, 1.807) is 6.07 Å². The number of likely N-dealkylation sites (tertiary alicyclic amines) is 1. The van der Waals surface area contributed by atoms with Crippen molar-refractivity contribution < 1.29 is 28.2 Å². The lowest BCUT2D eigenvalue weighted by Gasteiger charge is -2.33. The average Bonchev–Trinajstić information content (AvgIpc) is 2.77. The zero-order valence-electron chi connectivity index (χ0n) is 17.2. The van der Waals surface area contributed by atoms with Gasteiger partial charge >= 0.3 is 0 Å². The first-order valence-electron chi connectivity index (χ1n) is 10.2. The smallest absolute Gasteiger partial charge is 0.258 e. The van der Waals surface area contributed by atoms with Crippen molar-refractivity contribution in [3.8, 4) is 11.5 Å². The van der Waals surface area contributed by atoms with Crippen LogP contribution in [-0.2, 0) is 4.79 Å². The molecule has 6 nitrogen and oxygen atoms in total. The van der Waals surface area contributed by atoms with Gasteiger partial charge in [-0.2, -0.15) is 0 Å². The molecule has 3 rings (SSSR count). The van der Waals surface area contributed by atoms with Gasteiger partial charge in [-0.15, -0.1) is 0 Å². The third-order valence-electron chi connectivity index (χ3n) is 5.02. The summed E-state index contributed by atoms with van der Waals surface area (Å²) < 4.78 is 37.6. The SMILES string of the molecule is O=C(COc1ccc(Cl)c(F)c1)NC1CCN(C[C@@H](O)COc2ccc(Cl)c(F)c2)CC1. The van der Waals surface area contributed by atoms with Crippen LogP contribution in [0.2, 0.25) is 10.0 Å². The monoisotopic (exact) mass is 488 g/mol. The topological polar surface area (TPSA) is 71.0 Å². The molecule has 0 aliphatic carbocycles. The molecule has 1 saturated heterocycles. The molecular formula is C22H24Cl2F2N2O4. The van der Waals surface area contributed by atoms with Crippen LogP contribution >= 0.6 is 23.2 Å². The number of halogens is 4. The fourth-order valence-electron chi connectivity index (χ4n) is 3.35. The summed E-state index contributed by atoms with van der Waals surface area (Å²) in [5.74, 6) is -0.939. The number of benzene rings is 2. The number of carbonyl (C=O) groups is 1. The van der Waals surface area contributed by atoms with E-state index in [1.807, 2.05) is 0 Å². The molecule has 0 radical (unpaired) electrons. The van der Waals surface area contributed by atoms with Crippen molar-refractivity contribution in [3.05, 3.63) is 58.1 Å². The molecule has 0 unspecified atom stereocenters. The first kappa shape index (κ1) is 24.5. The molecule has 0 bridgehead atoms. The Morgan fingerprint density at radius 1 is 1.06 bits per heavy atom. The highest BCUT2D eigenvalue weighted by atomic mass is 35.5. The van der Waals surface area contributed by atoms with Crippen molar-refractivity contribution in [2.45, 2.75) is 25.0 Å². The van der Waals surface area contributed by atoms with Crippen molar-refractivity contribution in [1.29, 1.82) is 0 Å². The average molecular weight is 489 g/mol. The number of β-amino-alcohol motifs (C(OH)–C–C–N with tert-alkyl or cyclic N) is 1. The lowest BCUT2D eigenvalue weighted by atomic mass is 10.0. The van der Waals surface area contributed by atoms with E-state index in [9.17, 15) is 18.7 Å². The molecule has 1 fully saturated rings. The highest BCUT2D eigenvalue weighted by Crippen LogP contribution is 2.21. The quantitative estimate of drug-likeness (QED) is 0.563. The van der Waals surface area contributed by atoms with Crippen LogP contribution < -0.4 is 14.8 Å². The summed E-state index contributed by atoms with van der Waals surface area (Å²) in [5, 5.41) is 13.1. The second kappa shape index (κ2) is 11.7. The number of nitrogens with one attached hydrogen (secondary N) is 1.